The van der Waals surface area contributed by atoms with Gasteiger partial charge in [0.2, 0.25) is 5.13 Å². The zero-order chi connectivity index (χ0) is 18.4. The summed E-state index contributed by atoms with van der Waals surface area (Å²) in [4.78, 5) is 12.2. The van der Waals surface area contributed by atoms with Crippen molar-refractivity contribution >= 4 is 22.4 Å². The van der Waals surface area contributed by atoms with Gasteiger partial charge in [-0.25, -0.2) is 0 Å². The summed E-state index contributed by atoms with van der Waals surface area (Å²) < 4.78 is 10.9. The summed E-state index contributed by atoms with van der Waals surface area (Å²) in [6.45, 7) is 4.81. The molecule has 26 heavy (non-hydrogen) atoms. The molecule has 0 fully saturated rings. The van der Waals surface area contributed by atoms with Gasteiger partial charge in [-0.05, 0) is 37.1 Å². The lowest BCUT2D eigenvalue weighted by Gasteiger charge is -2.05. The number of carbonyl (C=O) groups excluding carboxylic acids is 1. The van der Waals surface area contributed by atoms with Crippen LogP contribution >= 0.6 is 11.3 Å². The standard InChI is InChI=1S/C18H20N4O3S/c1-3-5-10-24-13-8-6-12(7-9-13)15-11-14(22-25-15)17(23)19-18-21-20-16(4-2)26-18/h6-9,11H,3-5,10H2,1-2H3,(H,19,21,23). The van der Waals surface area contributed by atoms with E-state index in [0.29, 0.717) is 17.5 Å². The summed E-state index contributed by atoms with van der Waals surface area (Å²) in [7, 11) is 0. The maximum Gasteiger partial charge on any atom is 0.279 e. The number of rotatable bonds is 8. The highest BCUT2D eigenvalue weighted by molar-refractivity contribution is 7.15. The van der Waals surface area contributed by atoms with Gasteiger partial charge in [-0.1, -0.05) is 36.8 Å². The van der Waals surface area contributed by atoms with Gasteiger partial charge in [0.05, 0.1) is 6.61 Å². The molecular formula is C18H20N4O3S. The molecule has 2 aromatic heterocycles. The summed E-state index contributed by atoms with van der Waals surface area (Å²) in [5.74, 6) is 0.947. The highest BCUT2D eigenvalue weighted by atomic mass is 32.1. The maximum atomic E-state index is 12.2. The second-order valence-electron chi connectivity index (χ2n) is 5.61. The number of aryl methyl sites for hydroxylation is 1. The van der Waals surface area contributed by atoms with Gasteiger partial charge in [-0.3, -0.25) is 10.1 Å². The molecule has 0 atom stereocenters. The normalized spacial score (nSPS) is 10.7. The summed E-state index contributed by atoms with van der Waals surface area (Å²) in [5.41, 5.74) is 1.01. The van der Waals surface area contributed by atoms with Crippen LogP contribution in [0.4, 0.5) is 5.13 Å². The van der Waals surface area contributed by atoms with Crippen LogP contribution in [0.5, 0.6) is 5.75 Å². The molecule has 3 rings (SSSR count). The van der Waals surface area contributed by atoms with Crippen LogP contribution < -0.4 is 10.1 Å². The van der Waals surface area contributed by atoms with Gasteiger partial charge in [-0.15, -0.1) is 10.2 Å². The molecular weight excluding hydrogens is 352 g/mol. The number of hydrogen-bond acceptors (Lipinski definition) is 7. The highest BCUT2D eigenvalue weighted by Crippen LogP contribution is 2.24. The number of hydrogen-bond donors (Lipinski definition) is 1. The molecule has 8 heteroatoms. The summed E-state index contributed by atoms with van der Waals surface area (Å²) in [6, 6.07) is 9.11. The molecule has 0 radical (unpaired) electrons. The van der Waals surface area contributed by atoms with Gasteiger partial charge in [0, 0.05) is 11.6 Å². The van der Waals surface area contributed by atoms with Crippen LogP contribution in [0.3, 0.4) is 0 Å². The average molecular weight is 372 g/mol. The van der Waals surface area contributed by atoms with E-state index in [1.54, 1.807) is 6.07 Å². The summed E-state index contributed by atoms with van der Waals surface area (Å²) in [6.07, 6.45) is 2.90. The van der Waals surface area contributed by atoms with Crippen molar-refractivity contribution in [1.29, 1.82) is 0 Å². The van der Waals surface area contributed by atoms with Crippen LogP contribution in [0.15, 0.2) is 34.9 Å². The molecule has 3 aromatic rings. The summed E-state index contributed by atoms with van der Waals surface area (Å²) >= 11 is 1.34. The molecule has 0 spiro atoms. The Labute approximate surface area is 155 Å². The van der Waals surface area contributed by atoms with Crippen molar-refractivity contribution in [1.82, 2.24) is 15.4 Å². The van der Waals surface area contributed by atoms with Crippen molar-refractivity contribution < 1.29 is 14.1 Å². The minimum Gasteiger partial charge on any atom is -0.494 e. The number of anilines is 1. The van der Waals surface area contributed by atoms with Crippen molar-refractivity contribution in [3.63, 3.8) is 0 Å². The van der Waals surface area contributed by atoms with E-state index in [1.165, 1.54) is 11.3 Å². The van der Waals surface area contributed by atoms with E-state index >= 15 is 0 Å². The van der Waals surface area contributed by atoms with Crippen LogP contribution in [-0.2, 0) is 6.42 Å². The number of nitrogens with one attached hydrogen (secondary N) is 1. The third-order valence-electron chi connectivity index (χ3n) is 3.64. The van der Waals surface area contributed by atoms with E-state index in [1.807, 2.05) is 31.2 Å². The first-order valence-electron chi connectivity index (χ1n) is 8.53. The van der Waals surface area contributed by atoms with Gasteiger partial charge < -0.3 is 9.26 Å². The SMILES string of the molecule is CCCCOc1ccc(-c2cc(C(=O)Nc3nnc(CC)s3)no2)cc1. The Morgan fingerprint density at radius 3 is 2.73 bits per heavy atom. The van der Waals surface area contributed by atoms with Crippen LogP contribution in [0.25, 0.3) is 11.3 Å². The Morgan fingerprint density at radius 2 is 2.04 bits per heavy atom. The number of ether oxygens (including phenoxy) is 1. The number of amides is 1. The molecule has 0 aliphatic rings. The highest BCUT2D eigenvalue weighted by Gasteiger charge is 2.15. The fraction of sp³-hybridized carbons (Fsp3) is 0.333. The van der Waals surface area contributed by atoms with Crippen molar-refractivity contribution in [2.75, 3.05) is 11.9 Å². The van der Waals surface area contributed by atoms with Crippen LogP contribution in [0, 0.1) is 0 Å². The third-order valence-corrected chi connectivity index (χ3v) is 4.62. The van der Waals surface area contributed by atoms with Crippen molar-refractivity contribution in [2.45, 2.75) is 33.1 Å². The molecule has 0 aliphatic heterocycles. The third kappa shape index (κ3) is 4.45. The Morgan fingerprint density at radius 1 is 1.23 bits per heavy atom. The lowest BCUT2D eigenvalue weighted by atomic mass is 10.1. The smallest absolute Gasteiger partial charge is 0.279 e. The number of carbonyl (C=O) groups is 1. The lowest BCUT2D eigenvalue weighted by molar-refractivity contribution is 0.101. The molecule has 0 bridgehead atoms. The fourth-order valence-corrected chi connectivity index (χ4v) is 2.85. The summed E-state index contributed by atoms with van der Waals surface area (Å²) in [5, 5.41) is 15.7. The van der Waals surface area contributed by atoms with E-state index in [9.17, 15) is 4.79 Å². The number of nitrogens with zero attached hydrogens (tertiary/aromatic N) is 3. The predicted molar refractivity (Wildman–Crippen MR) is 99.6 cm³/mol. The number of aromatic nitrogens is 3. The van der Waals surface area contributed by atoms with Crippen molar-refractivity contribution in [3.05, 3.63) is 41.0 Å². The largest absolute Gasteiger partial charge is 0.494 e. The van der Waals surface area contributed by atoms with Gasteiger partial charge in [0.25, 0.3) is 5.91 Å². The van der Waals surface area contributed by atoms with Crippen LogP contribution in [0.2, 0.25) is 0 Å². The molecule has 136 valence electrons. The lowest BCUT2D eigenvalue weighted by Crippen LogP contribution is -2.11. The first-order valence-corrected chi connectivity index (χ1v) is 9.35. The number of unbranched alkanes of at least 4 members (excludes halogenated alkanes) is 1. The van der Waals surface area contributed by atoms with Crippen LogP contribution in [-0.4, -0.2) is 27.9 Å². The quantitative estimate of drug-likeness (QED) is 0.596. The molecule has 1 amide bonds. The van der Waals surface area contributed by atoms with E-state index in [-0.39, 0.29) is 11.6 Å². The average Bonchev–Trinajstić information content (AvgIpc) is 3.32. The van der Waals surface area contributed by atoms with Crippen LogP contribution in [0.1, 0.15) is 42.2 Å². The first-order chi connectivity index (χ1) is 12.7. The fourth-order valence-electron chi connectivity index (χ4n) is 2.18. The molecule has 0 aliphatic carbocycles. The van der Waals surface area contributed by atoms with Crippen molar-refractivity contribution in [3.8, 4) is 17.1 Å². The molecule has 0 saturated heterocycles. The molecule has 1 aromatic carbocycles. The predicted octanol–water partition coefficient (Wildman–Crippen LogP) is 4.19. The molecule has 2 heterocycles. The molecule has 0 saturated carbocycles. The first kappa shape index (κ1) is 18.1. The Bertz CT molecular complexity index is 857. The zero-order valence-electron chi connectivity index (χ0n) is 14.7. The molecule has 0 unspecified atom stereocenters. The van der Waals surface area contributed by atoms with Gasteiger partial charge in [0.15, 0.2) is 11.5 Å². The molecule has 1 N–H and O–H groups in total. The topological polar surface area (TPSA) is 90.1 Å². The zero-order valence-corrected chi connectivity index (χ0v) is 15.5. The van der Waals surface area contributed by atoms with Gasteiger partial charge in [-0.2, -0.15) is 0 Å². The van der Waals surface area contributed by atoms with E-state index < -0.39 is 0 Å². The monoisotopic (exact) mass is 372 g/mol. The Hall–Kier alpha value is -2.74. The minimum atomic E-state index is -0.377. The second kappa shape index (κ2) is 8.57. The minimum absolute atomic E-state index is 0.191. The van der Waals surface area contributed by atoms with Crippen molar-refractivity contribution in [2.24, 2.45) is 0 Å². The Balaban J connectivity index is 1.64. The van der Waals surface area contributed by atoms with E-state index in [2.05, 4.69) is 27.6 Å². The molecule has 7 nitrogen and oxygen atoms in total. The van der Waals surface area contributed by atoms with E-state index in [0.717, 1.165) is 35.6 Å². The second-order valence-corrected chi connectivity index (χ2v) is 6.67. The van der Waals surface area contributed by atoms with E-state index in [4.69, 9.17) is 9.26 Å². The van der Waals surface area contributed by atoms with Gasteiger partial charge >= 0.3 is 0 Å². The number of benzene rings is 1. The van der Waals surface area contributed by atoms with Gasteiger partial charge in [0.1, 0.15) is 10.8 Å². The maximum absolute atomic E-state index is 12.2. The Kier molecular flexibility index (Phi) is 5.96.